The van der Waals surface area contributed by atoms with Crippen LogP contribution in [0.1, 0.15) is 75.2 Å². The second kappa shape index (κ2) is 14.3. The number of allylic oxidation sites excluding steroid dienone is 1. The van der Waals surface area contributed by atoms with Gasteiger partial charge in [-0.25, -0.2) is 0 Å². The van der Waals surface area contributed by atoms with Crippen molar-refractivity contribution in [2.75, 3.05) is 19.8 Å². The number of carbonyl (C=O) groups is 1. The van der Waals surface area contributed by atoms with Crippen LogP contribution in [0, 0.1) is 0 Å². The first-order chi connectivity index (χ1) is 15.2. The zero-order valence-corrected chi connectivity index (χ0v) is 19.2. The Kier molecular flexibility index (Phi) is 11.3. The Balaban J connectivity index is 2.19. The van der Waals surface area contributed by atoms with Gasteiger partial charge in [-0.1, -0.05) is 52.2 Å². The molecule has 0 atom stereocenters. The quantitative estimate of drug-likeness (QED) is 0.173. The summed E-state index contributed by atoms with van der Waals surface area (Å²) in [5.41, 5.74) is 1.40. The van der Waals surface area contributed by atoms with Crippen LogP contribution in [0.3, 0.4) is 0 Å². The summed E-state index contributed by atoms with van der Waals surface area (Å²) in [6.07, 6.45) is 9.54. The molecular weight excluding hydrogens is 388 g/mol. The van der Waals surface area contributed by atoms with Gasteiger partial charge in [0.25, 0.3) is 0 Å². The SMILES string of the molecule is CCCCOc1ccc(OCCCC)c(C=CC(=O)c2ccccc2OCCCC)c1. The van der Waals surface area contributed by atoms with Crippen molar-refractivity contribution in [1.82, 2.24) is 0 Å². The largest absolute Gasteiger partial charge is 0.494 e. The summed E-state index contributed by atoms with van der Waals surface area (Å²) in [5, 5.41) is 0. The molecule has 0 spiro atoms. The molecule has 0 saturated carbocycles. The van der Waals surface area contributed by atoms with E-state index >= 15 is 0 Å². The standard InChI is InChI=1S/C27H36O4/c1-4-7-18-29-23-15-17-26(30-19-8-5-2)22(21-23)14-16-25(28)24-12-10-11-13-27(24)31-20-9-6-3/h10-17,21H,4-9,18-20H2,1-3H3. The Morgan fingerprint density at radius 2 is 1.39 bits per heavy atom. The molecule has 168 valence electrons. The first kappa shape index (κ1) is 24.5. The summed E-state index contributed by atoms with van der Waals surface area (Å²) < 4.78 is 17.6. The molecule has 0 aromatic heterocycles. The van der Waals surface area contributed by atoms with Crippen molar-refractivity contribution in [3.05, 3.63) is 59.7 Å². The van der Waals surface area contributed by atoms with Gasteiger partial charge in [-0.05, 0) is 61.7 Å². The first-order valence-electron chi connectivity index (χ1n) is 11.5. The van der Waals surface area contributed by atoms with Gasteiger partial charge in [0, 0.05) is 5.56 Å². The summed E-state index contributed by atoms with van der Waals surface area (Å²) in [4.78, 5) is 12.9. The van der Waals surface area contributed by atoms with Crippen LogP contribution in [0.5, 0.6) is 17.2 Å². The second-order valence-electron chi connectivity index (χ2n) is 7.50. The number of rotatable bonds is 15. The van der Waals surface area contributed by atoms with Crippen LogP contribution in [-0.4, -0.2) is 25.6 Å². The number of para-hydroxylation sites is 1. The van der Waals surface area contributed by atoms with E-state index < -0.39 is 0 Å². The fourth-order valence-corrected chi connectivity index (χ4v) is 2.92. The first-order valence-corrected chi connectivity index (χ1v) is 11.5. The third-order valence-electron chi connectivity index (χ3n) is 4.83. The van der Waals surface area contributed by atoms with Gasteiger partial charge in [0.05, 0.1) is 25.4 Å². The molecule has 0 N–H and O–H groups in total. The topological polar surface area (TPSA) is 44.8 Å². The highest BCUT2D eigenvalue weighted by Gasteiger charge is 2.10. The minimum atomic E-state index is -0.0936. The monoisotopic (exact) mass is 424 g/mol. The van der Waals surface area contributed by atoms with E-state index in [-0.39, 0.29) is 5.78 Å². The number of ketones is 1. The second-order valence-corrected chi connectivity index (χ2v) is 7.50. The molecule has 0 aliphatic heterocycles. The van der Waals surface area contributed by atoms with Crippen molar-refractivity contribution in [2.45, 2.75) is 59.3 Å². The van der Waals surface area contributed by atoms with Crippen molar-refractivity contribution in [1.29, 1.82) is 0 Å². The molecular formula is C27H36O4. The Morgan fingerprint density at radius 1 is 0.774 bits per heavy atom. The third kappa shape index (κ3) is 8.49. The van der Waals surface area contributed by atoms with E-state index in [1.807, 2.05) is 36.4 Å². The average molecular weight is 425 g/mol. The number of carbonyl (C=O) groups excluding carboxylic acids is 1. The summed E-state index contributed by atoms with van der Waals surface area (Å²) >= 11 is 0. The van der Waals surface area contributed by atoms with Crippen LogP contribution in [0.15, 0.2) is 48.5 Å². The molecule has 0 aliphatic carbocycles. The van der Waals surface area contributed by atoms with E-state index in [2.05, 4.69) is 20.8 Å². The molecule has 2 rings (SSSR count). The average Bonchev–Trinajstić information content (AvgIpc) is 2.79. The van der Waals surface area contributed by atoms with Gasteiger partial charge in [0.15, 0.2) is 5.78 Å². The highest BCUT2D eigenvalue weighted by atomic mass is 16.5. The molecule has 4 nitrogen and oxygen atoms in total. The van der Waals surface area contributed by atoms with Crippen LogP contribution >= 0.6 is 0 Å². The van der Waals surface area contributed by atoms with E-state index in [0.717, 1.165) is 55.6 Å². The van der Waals surface area contributed by atoms with Crippen molar-refractivity contribution in [3.8, 4) is 17.2 Å². The van der Waals surface area contributed by atoms with Crippen LogP contribution in [0.25, 0.3) is 6.08 Å². The van der Waals surface area contributed by atoms with Gasteiger partial charge in [-0.3, -0.25) is 4.79 Å². The van der Waals surface area contributed by atoms with Crippen molar-refractivity contribution >= 4 is 11.9 Å². The lowest BCUT2D eigenvalue weighted by molar-refractivity contribution is 0.104. The summed E-state index contributed by atoms with van der Waals surface area (Å²) in [6.45, 7) is 8.32. The maximum absolute atomic E-state index is 12.9. The number of ether oxygens (including phenoxy) is 3. The van der Waals surface area contributed by atoms with Crippen molar-refractivity contribution in [2.24, 2.45) is 0 Å². The summed E-state index contributed by atoms with van der Waals surface area (Å²) in [6, 6.07) is 13.2. The smallest absolute Gasteiger partial charge is 0.189 e. The van der Waals surface area contributed by atoms with Gasteiger partial charge in [0.2, 0.25) is 0 Å². The molecule has 2 aromatic rings. The molecule has 4 heteroatoms. The van der Waals surface area contributed by atoms with Crippen LogP contribution < -0.4 is 14.2 Å². The highest BCUT2D eigenvalue weighted by molar-refractivity contribution is 6.08. The maximum atomic E-state index is 12.9. The lowest BCUT2D eigenvalue weighted by Gasteiger charge is -2.12. The zero-order valence-electron chi connectivity index (χ0n) is 19.2. The third-order valence-corrected chi connectivity index (χ3v) is 4.83. The van der Waals surface area contributed by atoms with E-state index in [1.165, 1.54) is 0 Å². The fourth-order valence-electron chi connectivity index (χ4n) is 2.92. The van der Waals surface area contributed by atoms with Gasteiger partial charge in [-0.2, -0.15) is 0 Å². The number of hydrogen-bond acceptors (Lipinski definition) is 4. The molecule has 0 radical (unpaired) electrons. The molecule has 2 aromatic carbocycles. The molecule has 0 bridgehead atoms. The fraction of sp³-hybridized carbons (Fsp3) is 0.444. The van der Waals surface area contributed by atoms with Crippen molar-refractivity contribution < 1.29 is 19.0 Å². The van der Waals surface area contributed by atoms with Gasteiger partial charge in [-0.15, -0.1) is 0 Å². The molecule has 0 heterocycles. The highest BCUT2D eigenvalue weighted by Crippen LogP contribution is 2.27. The minimum absolute atomic E-state index is 0.0936. The van der Waals surface area contributed by atoms with E-state index in [1.54, 1.807) is 18.2 Å². The van der Waals surface area contributed by atoms with Crippen LogP contribution in [0.4, 0.5) is 0 Å². The lowest BCUT2D eigenvalue weighted by Crippen LogP contribution is -2.03. The van der Waals surface area contributed by atoms with Gasteiger partial charge < -0.3 is 14.2 Å². The Hall–Kier alpha value is -2.75. The van der Waals surface area contributed by atoms with E-state index in [4.69, 9.17) is 14.2 Å². The lowest BCUT2D eigenvalue weighted by atomic mass is 10.1. The van der Waals surface area contributed by atoms with Gasteiger partial charge in [0.1, 0.15) is 17.2 Å². The predicted octanol–water partition coefficient (Wildman–Crippen LogP) is 7.12. The molecule has 0 aliphatic rings. The molecule has 31 heavy (non-hydrogen) atoms. The van der Waals surface area contributed by atoms with Crippen molar-refractivity contribution in [3.63, 3.8) is 0 Å². The van der Waals surface area contributed by atoms with Crippen LogP contribution in [0.2, 0.25) is 0 Å². The number of unbranched alkanes of at least 4 members (excludes halogenated alkanes) is 3. The Morgan fingerprint density at radius 3 is 2.06 bits per heavy atom. The molecule has 0 saturated heterocycles. The number of hydrogen-bond donors (Lipinski definition) is 0. The van der Waals surface area contributed by atoms with Gasteiger partial charge >= 0.3 is 0 Å². The van der Waals surface area contributed by atoms with E-state index in [0.29, 0.717) is 31.1 Å². The number of benzene rings is 2. The summed E-state index contributed by atoms with van der Waals surface area (Å²) in [5.74, 6) is 2.07. The Labute approximate surface area is 187 Å². The molecule has 0 fully saturated rings. The minimum Gasteiger partial charge on any atom is -0.494 e. The predicted molar refractivity (Wildman–Crippen MR) is 127 cm³/mol. The Bertz CT molecular complexity index is 826. The van der Waals surface area contributed by atoms with E-state index in [9.17, 15) is 4.79 Å². The molecule has 0 amide bonds. The maximum Gasteiger partial charge on any atom is 0.189 e. The summed E-state index contributed by atoms with van der Waals surface area (Å²) in [7, 11) is 0. The van der Waals surface area contributed by atoms with Crippen LogP contribution in [-0.2, 0) is 0 Å². The zero-order chi connectivity index (χ0) is 22.3. The normalized spacial score (nSPS) is 10.9. The molecule has 0 unspecified atom stereocenters.